The Morgan fingerprint density at radius 2 is 2.14 bits per heavy atom. The second-order valence-electron chi connectivity index (χ2n) is 1.59. The molecule has 1 heteroatoms. The highest BCUT2D eigenvalue weighted by molar-refractivity contribution is 7.80. The molecule has 0 heterocycles. The van der Waals surface area contributed by atoms with Gasteiger partial charge in [0.2, 0.25) is 0 Å². The van der Waals surface area contributed by atoms with Crippen LogP contribution in [0.5, 0.6) is 0 Å². The molecule has 7 heavy (non-hydrogen) atoms. The van der Waals surface area contributed by atoms with Gasteiger partial charge >= 0.3 is 0 Å². The van der Waals surface area contributed by atoms with Gasteiger partial charge < -0.3 is 0 Å². The first-order valence-electron chi connectivity index (χ1n) is 2.84. The zero-order chi connectivity index (χ0) is 5.54. The molecule has 0 aromatic rings. The molecule has 43 valence electrons. The van der Waals surface area contributed by atoms with Crippen LogP contribution in [0.3, 0.4) is 0 Å². The molecule has 0 amide bonds. The molecule has 0 aliphatic carbocycles. The molecule has 0 fully saturated rings. The first-order valence-corrected chi connectivity index (χ1v) is 3.47. The summed E-state index contributed by atoms with van der Waals surface area (Å²) in [6, 6.07) is 0. The molecule has 0 bridgehead atoms. The molecule has 0 aromatic heterocycles. The van der Waals surface area contributed by atoms with E-state index in [-0.39, 0.29) is 0 Å². The largest absolute Gasteiger partial charge is 0.179 e. The quantitative estimate of drug-likeness (QED) is 0.424. The van der Waals surface area contributed by atoms with E-state index in [1.54, 1.807) is 0 Å². The van der Waals surface area contributed by atoms with Crippen LogP contribution in [0.4, 0.5) is 0 Å². The average molecular weight is 117 g/mol. The van der Waals surface area contributed by atoms with Crippen molar-refractivity contribution in [3.63, 3.8) is 0 Å². The van der Waals surface area contributed by atoms with Gasteiger partial charge in [0.15, 0.2) is 0 Å². The maximum atomic E-state index is 4.06. The Morgan fingerprint density at radius 3 is 2.57 bits per heavy atom. The van der Waals surface area contributed by atoms with Gasteiger partial charge in [-0.05, 0) is 18.6 Å². The van der Waals surface area contributed by atoms with Gasteiger partial charge in [-0.3, -0.25) is 0 Å². The lowest BCUT2D eigenvalue weighted by molar-refractivity contribution is 0.856. The first-order chi connectivity index (χ1) is 3.41. The highest BCUT2D eigenvalue weighted by atomic mass is 32.1. The molecule has 0 aromatic carbocycles. The summed E-state index contributed by atoms with van der Waals surface area (Å²) in [7, 11) is 0. The van der Waals surface area contributed by atoms with Crippen LogP contribution in [-0.4, -0.2) is 5.75 Å². The second-order valence-corrected chi connectivity index (χ2v) is 2.04. The molecule has 0 saturated carbocycles. The molecule has 0 unspecified atom stereocenters. The van der Waals surface area contributed by atoms with E-state index in [9.17, 15) is 0 Å². The predicted molar refractivity (Wildman–Crippen MR) is 37.7 cm³/mol. The highest BCUT2D eigenvalue weighted by Gasteiger charge is 1.81. The summed E-state index contributed by atoms with van der Waals surface area (Å²) in [5, 5.41) is 0. The van der Waals surface area contributed by atoms with E-state index in [1.165, 1.54) is 12.8 Å². The summed E-state index contributed by atoms with van der Waals surface area (Å²) in [5.74, 6) is 1.00. The molecule has 0 aliphatic rings. The SMILES string of the molecule is CCC[CH]CCS. The number of thiol groups is 1. The molecular formula is C6H13S. The molecule has 0 nitrogen and oxygen atoms in total. The summed E-state index contributed by atoms with van der Waals surface area (Å²) in [6.07, 6.45) is 5.97. The van der Waals surface area contributed by atoms with Gasteiger partial charge in [0, 0.05) is 0 Å². The minimum absolute atomic E-state index is 1.00. The van der Waals surface area contributed by atoms with Crippen LogP contribution in [0.25, 0.3) is 0 Å². The van der Waals surface area contributed by atoms with Crippen molar-refractivity contribution in [3.8, 4) is 0 Å². The molecule has 0 atom stereocenters. The van der Waals surface area contributed by atoms with Gasteiger partial charge in [0.05, 0.1) is 0 Å². The molecular weight excluding hydrogens is 104 g/mol. The fourth-order valence-corrected chi connectivity index (χ4v) is 0.622. The first kappa shape index (κ1) is 7.35. The van der Waals surface area contributed by atoms with Crippen molar-refractivity contribution in [2.24, 2.45) is 0 Å². The Morgan fingerprint density at radius 1 is 1.43 bits per heavy atom. The van der Waals surface area contributed by atoms with Crippen molar-refractivity contribution >= 4 is 12.6 Å². The second kappa shape index (κ2) is 6.35. The average Bonchev–Trinajstić information content (AvgIpc) is 1.69. The summed E-state index contributed by atoms with van der Waals surface area (Å²) >= 11 is 4.06. The number of unbranched alkanes of at least 4 members (excludes halogenated alkanes) is 3. The third-order valence-corrected chi connectivity index (χ3v) is 1.08. The standard InChI is InChI=1S/C6H13S/c1-2-3-4-5-6-7/h4,7H,2-3,5-6H2,1H3. The Balaban J connectivity index is 2.45. The molecule has 0 N–H and O–H groups in total. The van der Waals surface area contributed by atoms with E-state index < -0.39 is 0 Å². The maximum Gasteiger partial charge on any atom is -0.00952 e. The van der Waals surface area contributed by atoms with Gasteiger partial charge in [-0.25, -0.2) is 0 Å². The van der Waals surface area contributed by atoms with Crippen molar-refractivity contribution < 1.29 is 0 Å². The lowest BCUT2D eigenvalue weighted by atomic mass is 10.2. The lowest BCUT2D eigenvalue weighted by Crippen LogP contribution is -1.75. The van der Waals surface area contributed by atoms with Crippen molar-refractivity contribution in [1.82, 2.24) is 0 Å². The Kier molecular flexibility index (Phi) is 6.67. The minimum atomic E-state index is 1.00. The van der Waals surface area contributed by atoms with Gasteiger partial charge in [-0.1, -0.05) is 19.8 Å². The fraction of sp³-hybridized carbons (Fsp3) is 0.833. The van der Waals surface area contributed by atoms with Gasteiger partial charge in [-0.15, -0.1) is 0 Å². The zero-order valence-electron chi connectivity index (χ0n) is 4.85. The van der Waals surface area contributed by atoms with Gasteiger partial charge in [0.25, 0.3) is 0 Å². The monoisotopic (exact) mass is 117 g/mol. The number of hydrogen-bond donors (Lipinski definition) is 1. The van der Waals surface area contributed by atoms with Gasteiger partial charge in [-0.2, -0.15) is 12.6 Å². The minimum Gasteiger partial charge on any atom is -0.179 e. The molecule has 0 rings (SSSR count). The van der Waals surface area contributed by atoms with Crippen molar-refractivity contribution in [1.29, 1.82) is 0 Å². The lowest BCUT2D eigenvalue weighted by Gasteiger charge is -1.89. The van der Waals surface area contributed by atoms with E-state index in [0.717, 1.165) is 12.2 Å². The molecule has 0 spiro atoms. The maximum absolute atomic E-state index is 4.06. The highest BCUT2D eigenvalue weighted by Crippen LogP contribution is 1.96. The summed E-state index contributed by atoms with van der Waals surface area (Å²) in [4.78, 5) is 0. The van der Waals surface area contributed by atoms with Crippen LogP contribution in [0.2, 0.25) is 0 Å². The van der Waals surface area contributed by atoms with Crippen molar-refractivity contribution in [3.05, 3.63) is 6.42 Å². The van der Waals surface area contributed by atoms with Crippen LogP contribution in [-0.2, 0) is 0 Å². The van der Waals surface area contributed by atoms with Crippen LogP contribution in [0.15, 0.2) is 0 Å². The predicted octanol–water partition coefficient (Wildman–Crippen LogP) is 2.31. The van der Waals surface area contributed by atoms with E-state index >= 15 is 0 Å². The van der Waals surface area contributed by atoms with Crippen molar-refractivity contribution in [2.75, 3.05) is 5.75 Å². The van der Waals surface area contributed by atoms with Crippen LogP contribution in [0, 0.1) is 6.42 Å². The van der Waals surface area contributed by atoms with E-state index in [2.05, 4.69) is 26.0 Å². The van der Waals surface area contributed by atoms with Crippen LogP contribution >= 0.6 is 12.6 Å². The Labute approximate surface area is 51.7 Å². The normalized spacial score (nSPS) is 9.43. The molecule has 0 aliphatic heterocycles. The van der Waals surface area contributed by atoms with Crippen molar-refractivity contribution in [2.45, 2.75) is 26.2 Å². The Bertz CT molecular complexity index is 23.4. The summed E-state index contributed by atoms with van der Waals surface area (Å²) < 4.78 is 0. The van der Waals surface area contributed by atoms with E-state index in [0.29, 0.717) is 0 Å². The fourth-order valence-electron chi connectivity index (χ4n) is 0.440. The molecule has 1 radical (unpaired) electrons. The summed E-state index contributed by atoms with van der Waals surface area (Å²) in [6.45, 7) is 2.19. The number of rotatable bonds is 4. The third kappa shape index (κ3) is 6.35. The third-order valence-electron chi connectivity index (χ3n) is 0.826. The van der Waals surface area contributed by atoms with Crippen LogP contribution in [0.1, 0.15) is 26.2 Å². The summed E-state index contributed by atoms with van der Waals surface area (Å²) in [5.41, 5.74) is 0. The van der Waals surface area contributed by atoms with E-state index in [1.807, 2.05) is 0 Å². The van der Waals surface area contributed by atoms with Crippen LogP contribution < -0.4 is 0 Å². The van der Waals surface area contributed by atoms with E-state index in [4.69, 9.17) is 0 Å². The topological polar surface area (TPSA) is 0 Å². The Hall–Kier alpha value is 0.350. The molecule has 0 saturated heterocycles. The number of hydrogen-bond acceptors (Lipinski definition) is 1. The zero-order valence-corrected chi connectivity index (χ0v) is 5.75. The smallest absolute Gasteiger partial charge is 0.00952 e. The van der Waals surface area contributed by atoms with Gasteiger partial charge in [0.1, 0.15) is 0 Å².